The van der Waals surface area contributed by atoms with Gasteiger partial charge < -0.3 is 9.84 Å². The van der Waals surface area contributed by atoms with Gasteiger partial charge >= 0.3 is 0 Å². The molecule has 0 aliphatic rings. The minimum Gasteiger partial charge on any atom is -0.493 e. The summed E-state index contributed by atoms with van der Waals surface area (Å²) in [5.41, 5.74) is 2.03. The van der Waals surface area contributed by atoms with Crippen molar-refractivity contribution in [3.05, 3.63) is 36.0 Å². The van der Waals surface area contributed by atoms with Gasteiger partial charge in [0, 0.05) is 12.8 Å². The van der Waals surface area contributed by atoms with Crippen molar-refractivity contribution in [3.63, 3.8) is 0 Å². The highest BCUT2D eigenvalue weighted by molar-refractivity contribution is 5.73. The molecule has 2 N–H and O–H groups in total. The molecule has 0 saturated carbocycles. The number of unbranched alkanes of at least 4 members (excludes halogenated alkanes) is 1. The number of rotatable bonds is 6. The highest BCUT2D eigenvalue weighted by atomic mass is 16.5. The zero-order valence-corrected chi connectivity index (χ0v) is 10.5. The molecule has 0 amide bonds. The maximum Gasteiger partial charge on any atom is 0.129 e. The average Bonchev–Trinajstić information content (AvgIpc) is 2.97. The van der Waals surface area contributed by atoms with Crippen LogP contribution in [-0.2, 0) is 0 Å². The zero-order chi connectivity index (χ0) is 13.5. The van der Waals surface area contributed by atoms with Crippen molar-refractivity contribution in [1.82, 2.24) is 10.2 Å². The first-order valence-corrected chi connectivity index (χ1v) is 6.13. The Labute approximate surface area is 111 Å². The Kier molecular flexibility index (Phi) is 4.54. The Balaban J connectivity index is 2.25. The predicted molar refractivity (Wildman–Crippen MR) is 70.6 cm³/mol. The number of H-pyrrole nitrogens is 1. The summed E-state index contributed by atoms with van der Waals surface area (Å²) in [4.78, 5) is 0. The van der Waals surface area contributed by atoms with E-state index in [1.165, 1.54) is 0 Å². The number of aromatic amines is 1. The zero-order valence-electron chi connectivity index (χ0n) is 10.5. The smallest absolute Gasteiger partial charge is 0.129 e. The SMILES string of the molecule is N#Cc1cccc(OCCCCO)c1-c1ccn[nH]1. The lowest BCUT2D eigenvalue weighted by Crippen LogP contribution is -2.01. The van der Waals surface area contributed by atoms with Gasteiger partial charge in [0.15, 0.2) is 0 Å². The summed E-state index contributed by atoms with van der Waals surface area (Å²) in [6.45, 7) is 0.672. The molecule has 98 valence electrons. The molecular formula is C14H15N3O2. The van der Waals surface area contributed by atoms with Crippen LogP contribution >= 0.6 is 0 Å². The maximum absolute atomic E-state index is 9.18. The van der Waals surface area contributed by atoms with Crippen LogP contribution in [-0.4, -0.2) is 28.5 Å². The van der Waals surface area contributed by atoms with E-state index in [9.17, 15) is 5.26 Å². The molecule has 0 atom stereocenters. The molecule has 0 unspecified atom stereocenters. The van der Waals surface area contributed by atoms with E-state index in [-0.39, 0.29) is 6.61 Å². The second kappa shape index (κ2) is 6.57. The standard InChI is InChI=1S/C14H15N3O2/c15-10-11-4-3-5-13(19-9-2-1-8-18)14(11)12-6-7-16-17-12/h3-7,18H,1-2,8-9H2,(H,16,17). The fourth-order valence-corrected chi connectivity index (χ4v) is 1.81. The lowest BCUT2D eigenvalue weighted by atomic mass is 10.0. The van der Waals surface area contributed by atoms with Crippen LogP contribution in [0.5, 0.6) is 5.75 Å². The Morgan fingerprint density at radius 2 is 2.21 bits per heavy atom. The molecule has 0 radical (unpaired) electrons. The second-order valence-electron chi connectivity index (χ2n) is 4.04. The fraction of sp³-hybridized carbons (Fsp3) is 0.286. The summed E-state index contributed by atoms with van der Waals surface area (Å²) in [5, 5.41) is 24.7. The van der Waals surface area contributed by atoms with Gasteiger partial charge in [-0.3, -0.25) is 5.10 Å². The van der Waals surface area contributed by atoms with E-state index in [4.69, 9.17) is 9.84 Å². The number of ether oxygens (including phenoxy) is 1. The lowest BCUT2D eigenvalue weighted by molar-refractivity contribution is 0.253. The summed E-state index contributed by atoms with van der Waals surface area (Å²) < 4.78 is 5.70. The van der Waals surface area contributed by atoms with Crippen molar-refractivity contribution in [3.8, 4) is 23.1 Å². The number of hydrogen-bond acceptors (Lipinski definition) is 4. The molecule has 1 aromatic carbocycles. The predicted octanol–water partition coefficient (Wildman–Crippen LogP) is 2.10. The number of aliphatic hydroxyl groups is 1. The number of hydrogen-bond donors (Lipinski definition) is 2. The molecule has 0 aliphatic heterocycles. The van der Waals surface area contributed by atoms with Gasteiger partial charge in [-0.2, -0.15) is 10.4 Å². The van der Waals surface area contributed by atoms with Crippen LogP contribution in [0.2, 0.25) is 0 Å². The van der Waals surface area contributed by atoms with E-state index in [2.05, 4.69) is 16.3 Å². The monoisotopic (exact) mass is 257 g/mol. The Morgan fingerprint density at radius 3 is 2.89 bits per heavy atom. The van der Waals surface area contributed by atoms with Gasteiger partial charge in [0.2, 0.25) is 0 Å². The van der Waals surface area contributed by atoms with E-state index in [1.807, 2.05) is 6.07 Å². The van der Waals surface area contributed by atoms with Crippen LogP contribution in [0, 0.1) is 11.3 Å². The Morgan fingerprint density at radius 1 is 1.32 bits per heavy atom. The summed E-state index contributed by atoms with van der Waals surface area (Å²) in [7, 11) is 0. The highest BCUT2D eigenvalue weighted by Gasteiger charge is 2.12. The minimum absolute atomic E-state index is 0.162. The van der Waals surface area contributed by atoms with Crippen LogP contribution in [0.25, 0.3) is 11.3 Å². The molecule has 0 saturated heterocycles. The quantitative estimate of drug-likeness (QED) is 0.776. The summed E-state index contributed by atoms with van der Waals surface area (Å²) in [6, 6.07) is 9.33. The first-order valence-electron chi connectivity index (χ1n) is 6.13. The van der Waals surface area contributed by atoms with Crippen LogP contribution in [0.4, 0.5) is 0 Å². The van der Waals surface area contributed by atoms with E-state index in [1.54, 1.807) is 24.4 Å². The molecule has 0 bridgehead atoms. The van der Waals surface area contributed by atoms with Gasteiger partial charge in [-0.05, 0) is 31.0 Å². The van der Waals surface area contributed by atoms with Crippen LogP contribution in [0.15, 0.2) is 30.5 Å². The number of aliphatic hydroxyl groups excluding tert-OH is 1. The van der Waals surface area contributed by atoms with E-state index in [0.717, 1.165) is 17.7 Å². The number of nitrogens with one attached hydrogen (secondary N) is 1. The summed E-state index contributed by atoms with van der Waals surface area (Å²) in [5.74, 6) is 0.654. The first-order chi connectivity index (χ1) is 9.36. The van der Waals surface area contributed by atoms with Crippen LogP contribution < -0.4 is 4.74 Å². The minimum atomic E-state index is 0.162. The van der Waals surface area contributed by atoms with E-state index in [0.29, 0.717) is 24.3 Å². The first kappa shape index (κ1) is 13.1. The number of nitrogens with zero attached hydrogens (tertiary/aromatic N) is 2. The van der Waals surface area contributed by atoms with Gasteiger partial charge in [-0.1, -0.05) is 6.07 Å². The van der Waals surface area contributed by atoms with Gasteiger partial charge in [0.1, 0.15) is 5.75 Å². The fourth-order valence-electron chi connectivity index (χ4n) is 1.81. The van der Waals surface area contributed by atoms with Crippen molar-refractivity contribution >= 4 is 0 Å². The van der Waals surface area contributed by atoms with Gasteiger partial charge in [-0.25, -0.2) is 0 Å². The molecule has 5 nitrogen and oxygen atoms in total. The summed E-state index contributed by atoms with van der Waals surface area (Å²) in [6.07, 6.45) is 3.12. The molecule has 1 aromatic heterocycles. The molecule has 0 spiro atoms. The third kappa shape index (κ3) is 3.12. The third-order valence-corrected chi connectivity index (χ3v) is 2.73. The van der Waals surface area contributed by atoms with Gasteiger partial charge in [0.05, 0.1) is 29.5 Å². The van der Waals surface area contributed by atoms with E-state index < -0.39 is 0 Å². The molecule has 0 fully saturated rings. The van der Waals surface area contributed by atoms with Crippen molar-refractivity contribution < 1.29 is 9.84 Å². The topological polar surface area (TPSA) is 81.9 Å². The maximum atomic E-state index is 9.18. The van der Waals surface area contributed by atoms with Crippen molar-refractivity contribution in [2.45, 2.75) is 12.8 Å². The number of benzene rings is 1. The normalized spacial score (nSPS) is 10.1. The van der Waals surface area contributed by atoms with Crippen molar-refractivity contribution in [1.29, 1.82) is 5.26 Å². The van der Waals surface area contributed by atoms with E-state index >= 15 is 0 Å². The van der Waals surface area contributed by atoms with Gasteiger partial charge in [0.25, 0.3) is 0 Å². The molecule has 5 heteroatoms. The third-order valence-electron chi connectivity index (χ3n) is 2.73. The Hall–Kier alpha value is -2.32. The average molecular weight is 257 g/mol. The molecular weight excluding hydrogens is 242 g/mol. The van der Waals surface area contributed by atoms with Crippen LogP contribution in [0.1, 0.15) is 18.4 Å². The van der Waals surface area contributed by atoms with Crippen molar-refractivity contribution in [2.75, 3.05) is 13.2 Å². The summed E-state index contributed by atoms with van der Waals surface area (Å²) >= 11 is 0. The molecule has 19 heavy (non-hydrogen) atoms. The largest absolute Gasteiger partial charge is 0.493 e. The molecule has 0 aliphatic carbocycles. The number of aromatic nitrogens is 2. The molecule has 2 aromatic rings. The number of nitriles is 1. The highest BCUT2D eigenvalue weighted by Crippen LogP contribution is 2.31. The van der Waals surface area contributed by atoms with Crippen molar-refractivity contribution in [2.24, 2.45) is 0 Å². The van der Waals surface area contributed by atoms with Crippen LogP contribution in [0.3, 0.4) is 0 Å². The second-order valence-corrected chi connectivity index (χ2v) is 4.04. The Bertz CT molecular complexity index is 559. The lowest BCUT2D eigenvalue weighted by Gasteiger charge is -2.11. The van der Waals surface area contributed by atoms with Gasteiger partial charge in [-0.15, -0.1) is 0 Å². The molecule has 1 heterocycles. The molecule has 2 rings (SSSR count).